The molecule has 18 heavy (non-hydrogen) atoms. The third-order valence-electron chi connectivity index (χ3n) is 2.91. The van der Waals surface area contributed by atoms with E-state index < -0.39 is 0 Å². The normalized spacial score (nSPS) is 10.7. The molecule has 3 aromatic rings. The molecule has 0 aliphatic heterocycles. The molecule has 3 rings (SSSR count). The van der Waals surface area contributed by atoms with Crippen molar-refractivity contribution in [1.29, 1.82) is 0 Å². The number of phenols is 1. The SMILES string of the molecule is Oc1ccc(NCc2coc3ccccc23)cc1. The highest BCUT2D eigenvalue weighted by molar-refractivity contribution is 5.81. The van der Waals surface area contributed by atoms with Gasteiger partial charge in [-0.15, -0.1) is 0 Å². The van der Waals surface area contributed by atoms with E-state index in [4.69, 9.17) is 4.42 Å². The van der Waals surface area contributed by atoms with Crippen molar-refractivity contribution in [2.45, 2.75) is 6.54 Å². The van der Waals surface area contributed by atoms with Crippen LogP contribution in [0.3, 0.4) is 0 Å². The lowest BCUT2D eigenvalue weighted by Crippen LogP contribution is -1.97. The maximum atomic E-state index is 9.21. The van der Waals surface area contributed by atoms with Crippen molar-refractivity contribution < 1.29 is 9.52 Å². The maximum Gasteiger partial charge on any atom is 0.134 e. The number of benzene rings is 2. The molecule has 0 spiro atoms. The Morgan fingerprint density at radius 1 is 1.00 bits per heavy atom. The molecule has 0 saturated heterocycles. The molecular weight excluding hydrogens is 226 g/mol. The number of hydrogen-bond donors (Lipinski definition) is 2. The Kier molecular flexibility index (Phi) is 2.65. The third-order valence-corrected chi connectivity index (χ3v) is 2.91. The zero-order chi connectivity index (χ0) is 12.4. The van der Waals surface area contributed by atoms with E-state index in [-0.39, 0.29) is 5.75 Å². The molecular formula is C15H13NO2. The van der Waals surface area contributed by atoms with Gasteiger partial charge >= 0.3 is 0 Å². The van der Waals surface area contributed by atoms with Crippen molar-refractivity contribution in [2.75, 3.05) is 5.32 Å². The van der Waals surface area contributed by atoms with Crippen LogP contribution in [0.5, 0.6) is 5.75 Å². The highest BCUT2D eigenvalue weighted by Gasteiger charge is 2.04. The van der Waals surface area contributed by atoms with Gasteiger partial charge in [-0.3, -0.25) is 0 Å². The molecule has 0 unspecified atom stereocenters. The van der Waals surface area contributed by atoms with Gasteiger partial charge in [0.05, 0.1) is 6.26 Å². The minimum absolute atomic E-state index is 0.273. The fourth-order valence-corrected chi connectivity index (χ4v) is 1.95. The summed E-state index contributed by atoms with van der Waals surface area (Å²) < 4.78 is 5.48. The van der Waals surface area contributed by atoms with E-state index in [1.54, 1.807) is 18.4 Å². The molecule has 0 amide bonds. The van der Waals surface area contributed by atoms with Crippen molar-refractivity contribution >= 4 is 16.7 Å². The van der Waals surface area contributed by atoms with E-state index >= 15 is 0 Å². The molecule has 90 valence electrons. The molecule has 0 radical (unpaired) electrons. The molecule has 3 heteroatoms. The summed E-state index contributed by atoms with van der Waals surface area (Å²) in [6.45, 7) is 0.696. The third kappa shape index (κ3) is 2.02. The van der Waals surface area contributed by atoms with Crippen LogP contribution in [-0.4, -0.2) is 5.11 Å². The number of anilines is 1. The quantitative estimate of drug-likeness (QED) is 0.684. The van der Waals surface area contributed by atoms with Crippen LogP contribution in [0.15, 0.2) is 59.2 Å². The number of fused-ring (bicyclic) bond motifs is 1. The summed E-state index contributed by atoms with van der Waals surface area (Å²) in [5, 5.41) is 13.6. The minimum atomic E-state index is 0.273. The predicted molar refractivity (Wildman–Crippen MR) is 71.6 cm³/mol. The summed E-state index contributed by atoms with van der Waals surface area (Å²) in [6, 6.07) is 15.0. The molecule has 0 aliphatic carbocycles. The average Bonchev–Trinajstić information content (AvgIpc) is 2.82. The first-order valence-corrected chi connectivity index (χ1v) is 5.81. The molecule has 0 atom stereocenters. The highest BCUT2D eigenvalue weighted by atomic mass is 16.3. The molecule has 2 aromatic carbocycles. The van der Waals surface area contributed by atoms with E-state index in [0.717, 1.165) is 22.2 Å². The second-order valence-corrected chi connectivity index (χ2v) is 4.16. The number of furan rings is 1. The van der Waals surface area contributed by atoms with Crippen LogP contribution in [0.2, 0.25) is 0 Å². The summed E-state index contributed by atoms with van der Waals surface area (Å²) in [5.41, 5.74) is 3.00. The van der Waals surface area contributed by atoms with Crippen molar-refractivity contribution in [1.82, 2.24) is 0 Å². The van der Waals surface area contributed by atoms with Gasteiger partial charge in [-0.25, -0.2) is 0 Å². The zero-order valence-corrected chi connectivity index (χ0v) is 9.76. The van der Waals surface area contributed by atoms with Crippen LogP contribution in [0, 0.1) is 0 Å². The lowest BCUT2D eigenvalue weighted by atomic mass is 10.2. The summed E-state index contributed by atoms with van der Waals surface area (Å²) in [6.07, 6.45) is 1.78. The van der Waals surface area contributed by atoms with Crippen molar-refractivity contribution in [3.8, 4) is 5.75 Å². The number of rotatable bonds is 3. The Morgan fingerprint density at radius 3 is 2.61 bits per heavy atom. The van der Waals surface area contributed by atoms with Gasteiger partial charge in [-0.05, 0) is 30.3 Å². The van der Waals surface area contributed by atoms with E-state index in [9.17, 15) is 5.11 Å². The fourth-order valence-electron chi connectivity index (χ4n) is 1.95. The lowest BCUT2D eigenvalue weighted by Gasteiger charge is -2.04. The molecule has 0 bridgehead atoms. The first-order valence-electron chi connectivity index (χ1n) is 5.81. The van der Waals surface area contributed by atoms with Crippen LogP contribution in [-0.2, 0) is 6.54 Å². The Balaban J connectivity index is 1.79. The van der Waals surface area contributed by atoms with Gasteiger partial charge < -0.3 is 14.8 Å². The Labute approximate surface area is 105 Å². The van der Waals surface area contributed by atoms with Gasteiger partial charge in [0.2, 0.25) is 0 Å². The lowest BCUT2D eigenvalue weighted by molar-refractivity contribution is 0.475. The summed E-state index contributed by atoms with van der Waals surface area (Å²) in [4.78, 5) is 0. The van der Waals surface area contributed by atoms with Crippen LogP contribution < -0.4 is 5.32 Å². The Morgan fingerprint density at radius 2 is 1.78 bits per heavy atom. The van der Waals surface area contributed by atoms with E-state index in [2.05, 4.69) is 5.32 Å². The summed E-state index contributed by atoms with van der Waals surface area (Å²) in [5.74, 6) is 0.273. The molecule has 0 fully saturated rings. The van der Waals surface area contributed by atoms with E-state index in [0.29, 0.717) is 6.54 Å². The largest absolute Gasteiger partial charge is 0.508 e. The van der Waals surface area contributed by atoms with Crippen LogP contribution in [0.25, 0.3) is 11.0 Å². The van der Waals surface area contributed by atoms with Gasteiger partial charge in [-0.2, -0.15) is 0 Å². The smallest absolute Gasteiger partial charge is 0.134 e. The average molecular weight is 239 g/mol. The van der Waals surface area contributed by atoms with Crippen molar-refractivity contribution in [3.63, 3.8) is 0 Å². The zero-order valence-electron chi connectivity index (χ0n) is 9.76. The monoisotopic (exact) mass is 239 g/mol. The number of nitrogens with one attached hydrogen (secondary N) is 1. The second-order valence-electron chi connectivity index (χ2n) is 4.16. The van der Waals surface area contributed by atoms with Gasteiger partial charge in [0.1, 0.15) is 11.3 Å². The van der Waals surface area contributed by atoms with Crippen LogP contribution in [0.4, 0.5) is 5.69 Å². The van der Waals surface area contributed by atoms with Crippen molar-refractivity contribution in [3.05, 3.63) is 60.4 Å². The molecule has 2 N–H and O–H groups in total. The number of phenolic OH excluding ortho intramolecular Hbond substituents is 1. The standard InChI is InChI=1S/C15H13NO2/c17-13-7-5-12(6-8-13)16-9-11-10-18-15-4-2-1-3-14(11)15/h1-8,10,16-17H,9H2. The molecule has 1 heterocycles. The fraction of sp³-hybridized carbons (Fsp3) is 0.0667. The van der Waals surface area contributed by atoms with Gasteiger partial charge in [0.15, 0.2) is 0 Å². The summed E-state index contributed by atoms with van der Waals surface area (Å²) in [7, 11) is 0. The van der Waals surface area contributed by atoms with Crippen molar-refractivity contribution in [2.24, 2.45) is 0 Å². The first kappa shape index (κ1) is 10.7. The molecule has 0 aliphatic rings. The maximum absolute atomic E-state index is 9.21. The Bertz CT molecular complexity index is 656. The Hall–Kier alpha value is -2.42. The van der Waals surface area contributed by atoms with E-state index in [1.807, 2.05) is 36.4 Å². The number of para-hydroxylation sites is 1. The second kappa shape index (κ2) is 4.45. The minimum Gasteiger partial charge on any atom is -0.508 e. The topological polar surface area (TPSA) is 45.4 Å². The summed E-state index contributed by atoms with van der Waals surface area (Å²) >= 11 is 0. The molecule has 0 saturated carbocycles. The number of hydrogen-bond acceptors (Lipinski definition) is 3. The molecule has 3 nitrogen and oxygen atoms in total. The predicted octanol–water partition coefficient (Wildman–Crippen LogP) is 3.75. The van der Waals surface area contributed by atoms with Crippen LogP contribution >= 0.6 is 0 Å². The first-order chi connectivity index (χ1) is 8.83. The number of aromatic hydroxyl groups is 1. The van der Waals surface area contributed by atoms with Gasteiger partial charge in [-0.1, -0.05) is 18.2 Å². The van der Waals surface area contributed by atoms with Crippen LogP contribution in [0.1, 0.15) is 5.56 Å². The van der Waals surface area contributed by atoms with Gasteiger partial charge in [0.25, 0.3) is 0 Å². The highest BCUT2D eigenvalue weighted by Crippen LogP contribution is 2.22. The molecule has 1 aromatic heterocycles. The van der Waals surface area contributed by atoms with E-state index in [1.165, 1.54) is 0 Å². The van der Waals surface area contributed by atoms with Gasteiger partial charge in [0, 0.05) is 23.2 Å².